The van der Waals surface area contributed by atoms with Crippen LogP contribution in [-0.4, -0.2) is 34.3 Å². The summed E-state index contributed by atoms with van der Waals surface area (Å²) < 4.78 is 2.29. The Balaban J connectivity index is 0.000000144. The van der Waals surface area contributed by atoms with Crippen molar-refractivity contribution in [3.05, 3.63) is 130 Å². The Morgan fingerprint density at radius 3 is 1.39 bits per heavy atom. The second-order valence-corrected chi connectivity index (χ2v) is 12.5. The molecule has 8 heteroatoms. The van der Waals surface area contributed by atoms with E-state index >= 15 is 0 Å². The Labute approximate surface area is 270 Å². The second-order valence-electron chi connectivity index (χ2n) is 10.8. The monoisotopic (exact) mass is 700 g/mol. The van der Waals surface area contributed by atoms with Gasteiger partial charge in [0.05, 0.1) is 0 Å². The van der Waals surface area contributed by atoms with Crippen LogP contribution in [0.3, 0.4) is 0 Å². The average Bonchev–Trinajstić information content (AvgIpc) is 3.03. The molecule has 8 aromatic carbocycles. The first-order valence-corrected chi connectivity index (χ1v) is 15.7. The highest BCUT2D eigenvalue weighted by atomic mass is 79.9. The number of hydrogen-bond donors (Lipinski definition) is 4. The molecule has 0 radical (unpaired) electrons. The fourth-order valence-corrected chi connectivity index (χ4v) is 7.15. The van der Waals surface area contributed by atoms with Gasteiger partial charge in [-0.3, -0.25) is 0 Å². The van der Waals surface area contributed by atoms with Crippen LogP contribution in [-0.2, 0) is 0 Å². The summed E-state index contributed by atoms with van der Waals surface area (Å²) in [6.45, 7) is 0. The number of benzene rings is 8. The van der Waals surface area contributed by atoms with Gasteiger partial charge in [-0.25, -0.2) is 0 Å². The van der Waals surface area contributed by atoms with Gasteiger partial charge in [0.15, 0.2) is 0 Å². The summed E-state index contributed by atoms with van der Waals surface area (Å²) in [7, 11) is -3.05. The highest BCUT2D eigenvalue weighted by Gasteiger charge is 2.17. The van der Waals surface area contributed by atoms with Crippen molar-refractivity contribution in [3.63, 3.8) is 0 Å². The maximum absolute atomic E-state index is 9.56. The van der Waals surface area contributed by atoms with Gasteiger partial charge in [0.1, 0.15) is 0 Å². The van der Waals surface area contributed by atoms with Crippen LogP contribution in [0.4, 0.5) is 0 Å². The summed E-state index contributed by atoms with van der Waals surface area (Å²) in [5, 5.41) is 51.2. The third-order valence-corrected chi connectivity index (χ3v) is 9.65. The van der Waals surface area contributed by atoms with Gasteiger partial charge < -0.3 is 20.1 Å². The summed E-state index contributed by atoms with van der Waals surface area (Å²) in [6.07, 6.45) is 0. The van der Waals surface area contributed by atoms with Crippen molar-refractivity contribution in [1.29, 1.82) is 0 Å². The van der Waals surface area contributed by atoms with E-state index in [4.69, 9.17) is 0 Å². The Morgan fingerprint density at radius 2 is 0.750 bits per heavy atom. The van der Waals surface area contributed by atoms with Crippen LogP contribution in [0.2, 0.25) is 0 Å². The van der Waals surface area contributed by atoms with Gasteiger partial charge in [0.25, 0.3) is 0 Å². The highest BCUT2D eigenvalue weighted by Crippen LogP contribution is 2.35. The van der Waals surface area contributed by atoms with Crippen molar-refractivity contribution in [2.24, 2.45) is 0 Å². The smallest absolute Gasteiger partial charge is 0.423 e. The molecule has 4 N–H and O–H groups in total. The maximum atomic E-state index is 9.56. The molecular formula is C36H24B2Br2O4. The molecule has 0 saturated carbocycles. The Morgan fingerprint density at radius 1 is 0.341 bits per heavy atom. The van der Waals surface area contributed by atoms with Gasteiger partial charge in [-0.2, -0.15) is 0 Å². The fraction of sp³-hybridized carbons (Fsp3) is 0. The lowest BCUT2D eigenvalue weighted by atomic mass is 9.75. The molecule has 44 heavy (non-hydrogen) atoms. The minimum absolute atomic E-state index is 0.467. The zero-order valence-electron chi connectivity index (χ0n) is 23.2. The predicted octanol–water partition coefficient (Wildman–Crippen LogP) is 7.18. The Bertz CT molecular complexity index is 2360. The Hall–Kier alpha value is -3.75. The van der Waals surface area contributed by atoms with Crippen molar-refractivity contribution < 1.29 is 20.1 Å². The molecule has 4 nitrogen and oxygen atoms in total. The van der Waals surface area contributed by atoms with Gasteiger partial charge >= 0.3 is 14.2 Å². The van der Waals surface area contributed by atoms with E-state index in [1.165, 1.54) is 32.3 Å². The molecule has 0 atom stereocenters. The number of rotatable bonds is 2. The Kier molecular flexibility index (Phi) is 7.67. The standard InChI is InChI=1S/C18H14B2O4.C18H10Br2/c21-19(22)17-6-2-4-13-14(17)8-7-12-10-16-11(9-15(12)13)3-1-5-18(16)20(23)24;19-17-6-2-4-13-14(17)8-7-12-10-16-11(9-15(12)13)3-1-5-18(16)20/h1-10,21-24H;1-10H. The number of halogens is 2. The van der Waals surface area contributed by atoms with Crippen LogP contribution < -0.4 is 10.9 Å². The lowest BCUT2D eigenvalue weighted by Gasteiger charge is -2.11. The lowest BCUT2D eigenvalue weighted by molar-refractivity contribution is 0.425. The molecule has 0 aromatic heterocycles. The van der Waals surface area contributed by atoms with Crippen molar-refractivity contribution >= 4 is 122 Å². The molecule has 0 amide bonds. The molecule has 0 heterocycles. The molecule has 8 rings (SSSR count). The minimum atomic E-state index is -1.53. The molecular weight excluding hydrogens is 678 g/mol. The van der Waals surface area contributed by atoms with Gasteiger partial charge in [-0.1, -0.05) is 117 Å². The molecule has 0 bridgehead atoms. The largest absolute Gasteiger partial charge is 0.489 e. The highest BCUT2D eigenvalue weighted by molar-refractivity contribution is 9.11. The lowest BCUT2D eigenvalue weighted by Crippen LogP contribution is -2.30. The van der Waals surface area contributed by atoms with E-state index in [-0.39, 0.29) is 0 Å². The van der Waals surface area contributed by atoms with Gasteiger partial charge in [-0.05, 0) is 112 Å². The molecule has 0 fully saturated rings. The predicted molar refractivity (Wildman–Crippen MR) is 193 cm³/mol. The van der Waals surface area contributed by atoms with E-state index < -0.39 is 14.2 Å². The molecule has 0 saturated heterocycles. The average molecular weight is 702 g/mol. The number of fused-ring (bicyclic) bond motifs is 8. The first kappa shape index (κ1) is 29.0. The van der Waals surface area contributed by atoms with E-state index in [9.17, 15) is 20.1 Å². The second kappa shape index (κ2) is 11.6. The molecule has 0 aliphatic heterocycles. The normalized spacial score (nSPS) is 11.4. The summed E-state index contributed by atoms with van der Waals surface area (Å²) in [4.78, 5) is 0. The van der Waals surface area contributed by atoms with Crippen LogP contribution in [0.1, 0.15) is 0 Å². The minimum Gasteiger partial charge on any atom is -0.423 e. The molecule has 8 aromatic rings. The van der Waals surface area contributed by atoms with Crippen molar-refractivity contribution in [1.82, 2.24) is 0 Å². The molecule has 0 aliphatic carbocycles. The summed E-state index contributed by atoms with van der Waals surface area (Å²) in [5.74, 6) is 0. The number of hydrogen-bond acceptors (Lipinski definition) is 4. The molecule has 0 spiro atoms. The van der Waals surface area contributed by atoms with E-state index in [1.807, 2.05) is 36.4 Å². The van der Waals surface area contributed by atoms with Crippen molar-refractivity contribution in [3.8, 4) is 0 Å². The quantitative estimate of drug-likeness (QED) is 0.0876. The van der Waals surface area contributed by atoms with E-state index in [0.29, 0.717) is 10.9 Å². The third-order valence-electron chi connectivity index (χ3n) is 8.27. The molecule has 0 aliphatic rings. The van der Waals surface area contributed by atoms with Crippen molar-refractivity contribution in [2.45, 2.75) is 0 Å². The van der Waals surface area contributed by atoms with Crippen LogP contribution in [0.15, 0.2) is 130 Å². The zero-order chi connectivity index (χ0) is 30.5. The topological polar surface area (TPSA) is 80.9 Å². The SMILES string of the molecule is Brc1cccc2cc3c(ccc4c(Br)cccc43)cc12.OB(O)c1cccc2cc3c(ccc4c(B(O)O)cccc43)cc12. The third kappa shape index (κ3) is 5.08. The summed E-state index contributed by atoms with van der Waals surface area (Å²) in [6, 6.07) is 40.2. The van der Waals surface area contributed by atoms with Gasteiger partial charge in [0, 0.05) is 8.95 Å². The molecule has 0 unspecified atom stereocenters. The van der Waals surface area contributed by atoms with Crippen LogP contribution in [0.25, 0.3) is 64.6 Å². The zero-order valence-corrected chi connectivity index (χ0v) is 26.4. The van der Waals surface area contributed by atoms with Gasteiger partial charge in [-0.15, -0.1) is 0 Å². The summed E-state index contributed by atoms with van der Waals surface area (Å²) >= 11 is 7.27. The molecule has 212 valence electrons. The van der Waals surface area contributed by atoms with Crippen LogP contribution in [0.5, 0.6) is 0 Å². The first-order chi connectivity index (χ1) is 21.3. The fourth-order valence-electron chi connectivity index (χ4n) is 6.15. The van der Waals surface area contributed by atoms with Crippen LogP contribution in [0, 0.1) is 0 Å². The maximum Gasteiger partial charge on any atom is 0.489 e. The van der Waals surface area contributed by atoms with Crippen molar-refractivity contribution in [2.75, 3.05) is 0 Å². The van der Waals surface area contributed by atoms with E-state index in [2.05, 4.69) is 92.5 Å². The van der Waals surface area contributed by atoms with E-state index in [0.717, 1.165) is 41.3 Å². The summed E-state index contributed by atoms with van der Waals surface area (Å²) in [5.41, 5.74) is 0.933. The first-order valence-electron chi connectivity index (χ1n) is 14.1. The van der Waals surface area contributed by atoms with Crippen LogP contribution >= 0.6 is 31.9 Å². The van der Waals surface area contributed by atoms with E-state index in [1.54, 1.807) is 24.3 Å². The van der Waals surface area contributed by atoms with Gasteiger partial charge in [0.2, 0.25) is 0 Å².